The molecule has 1 aromatic rings. The molecule has 162 valence electrons. The van der Waals surface area contributed by atoms with Crippen molar-refractivity contribution in [3.63, 3.8) is 0 Å². The highest BCUT2D eigenvalue weighted by molar-refractivity contribution is 7.98. The molecule has 29 heavy (non-hydrogen) atoms. The largest absolute Gasteiger partial charge is 0.463 e. The van der Waals surface area contributed by atoms with Crippen LogP contribution < -0.4 is 10.6 Å². The Hall–Kier alpha value is -2.22. The zero-order chi connectivity index (χ0) is 21.9. The minimum absolute atomic E-state index is 0.196. The number of alkyl carbamates (subject to hydrolysis) is 1. The quantitative estimate of drug-likeness (QED) is 0.530. The maximum atomic E-state index is 12.7. The lowest BCUT2D eigenvalue weighted by Gasteiger charge is -2.28. The monoisotopic (exact) mass is 424 g/mol. The number of hydrogen-bond acceptors (Lipinski definition) is 6. The molecule has 1 aromatic carbocycles. The lowest BCUT2D eigenvalue weighted by molar-refractivity contribution is -0.152. The van der Waals surface area contributed by atoms with E-state index in [2.05, 4.69) is 10.6 Å². The van der Waals surface area contributed by atoms with E-state index in [-0.39, 0.29) is 12.5 Å². The molecule has 0 spiro atoms. The van der Waals surface area contributed by atoms with Crippen molar-refractivity contribution in [2.45, 2.75) is 64.5 Å². The number of rotatable bonds is 11. The maximum absolute atomic E-state index is 12.7. The highest BCUT2D eigenvalue weighted by Crippen LogP contribution is 2.14. The topological polar surface area (TPSA) is 93.7 Å². The Balaban J connectivity index is 2.71. The maximum Gasteiger partial charge on any atom is 0.408 e. The van der Waals surface area contributed by atoms with Crippen LogP contribution in [0.25, 0.3) is 0 Å². The number of nitrogens with one attached hydrogen (secondary N) is 2. The molecule has 0 aliphatic heterocycles. The molecule has 1 rings (SSSR count). The van der Waals surface area contributed by atoms with Gasteiger partial charge in [-0.3, -0.25) is 4.79 Å². The second kappa shape index (κ2) is 12.4. The van der Waals surface area contributed by atoms with E-state index < -0.39 is 29.7 Å². The molecule has 0 saturated carbocycles. The van der Waals surface area contributed by atoms with Crippen LogP contribution in [0.1, 0.15) is 46.6 Å². The van der Waals surface area contributed by atoms with Crippen LogP contribution in [0.2, 0.25) is 0 Å². The summed E-state index contributed by atoms with van der Waals surface area (Å²) in [6.07, 6.45) is -1.14. The van der Waals surface area contributed by atoms with Crippen LogP contribution >= 0.6 is 11.8 Å². The number of hydrogen-bond donors (Lipinski definition) is 2. The number of thioether (sulfide) groups is 1. The fraction of sp³-hybridized carbons (Fsp3) is 0.571. The Labute approximate surface area is 177 Å². The fourth-order valence-corrected chi connectivity index (χ4v) is 3.22. The summed E-state index contributed by atoms with van der Waals surface area (Å²) in [4.78, 5) is 36.6. The minimum atomic E-state index is -1.05. The van der Waals surface area contributed by atoms with Gasteiger partial charge in [0, 0.05) is 17.0 Å². The van der Waals surface area contributed by atoms with Crippen molar-refractivity contribution in [1.82, 2.24) is 10.6 Å². The van der Waals surface area contributed by atoms with Gasteiger partial charge >= 0.3 is 12.1 Å². The number of amides is 2. The van der Waals surface area contributed by atoms with Crippen LogP contribution in [-0.4, -0.2) is 48.0 Å². The Morgan fingerprint density at radius 3 is 2.38 bits per heavy atom. The lowest BCUT2D eigenvalue weighted by atomic mass is 10.0. The summed E-state index contributed by atoms with van der Waals surface area (Å²) in [6.45, 7) is 9.10. The van der Waals surface area contributed by atoms with Crippen LogP contribution in [-0.2, 0) is 24.8 Å². The molecule has 2 amide bonds. The highest BCUT2D eigenvalue weighted by atomic mass is 32.2. The van der Waals surface area contributed by atoms with E-state index in [0.29, 0.717) is 11.5 Å². The molecule has 0 saturated heterocycles. The van der Waals surface area contributed by atoms with E-state index >= 15 is 0 Å². The summed E-state index contributed by atoms with van der Waals surface area (Å²) in [7, 11) is 0. The van der Waals surface area contributed by atoms with Crippen LogP contribution in [0.5, 0.6) is 0 Å². The van der Waals surface area contributed by atoms with E-state index in [9.17, 15) is 14.4 Å². The number of carbonyl (C=O) groups is 3. The zero-order valence-electron chi connectivity index (χ0n) is 17.8. The summed E-state index contributed by atoms with van der Waals surface area (Å²) >= 11 is 1.53. The SMILES string of the molecule is CCOC(=O)[C@H](C)OC(=O)N[C@@H](CSCc1ccccc1)C(=O)NC(C)(C)CC. The summed E-state index contributed by atoms with van der Waals surface area (Å²) in [5.74, 6) is 0.147. The first-order chi connectivity index (χ1) is 13.7. The number of esters is 1. The molecule has 7 nitrogen and oxygen atoms in total. The molecule has 0 heterocycles. The van der Waals surface area contributed by atoms with Gasteiger partial charge in [-0.05, 0) is 39.7 Å². The molecule has 0 aliphatic rings. The average molecular weight is 425 g/mol. The van der Waals surface area contributed by atoms with Crippen molar-refractivity contribution < 1.29 is 23.9 Å². The smallest absolute Gasteiger partial charge is 0.408 e. The minimum Gasteiger partial charge on any atom is -0.463 e. The molecule has 8 heteroatoms. The third-order valence-corrected chi connectivity index (χ3v) is 5.36. The first-order valence-corrected chi connectivity index (χ1v) is 10.9. The summed E-state index contributed by atoms with van der Waals surface area (Å²) in [5, 5.41) is 5.52. The number of benzene rings is 1. The third-order valence-electron chi connectivity index (χ3n) is 4.25. The molecule has 0 unspecified atom stereocenters. The van der Waals surface area contributed by atoms with Gasteiger partial charge in [-0.25, -0.2) is 9.59 Å². The van der Waals surface area contributed by atoms with E-state index in [4.69, 9.17) is 9.47 Å². The molecular formula is C21H32N2O5S. The van der Waals surface area contributed by atoms with Gasteiger partial charge in [0.2, 0.25) is 5.91 Å². The van der Waals surface area contributed by atoms with Gasteiger partial charge in [0.1, 0.15) is 6.04 Å². The van der Waals surface area contributed by atoms with Gasteiger partial charge in [0.25, 0.3) is 0 Å². The van der Waals surface area contributed by atoms with Gasteiger partial charge in [0.15, 0.2) is 6.10 Å². The highest BCUT2D eigenvalue weighted by Gasteiger charge is 2.28. The summed E-state index contributed by atoms with van der Waals surface area (Å²) in [5.41, 5.74) is 0.729. The Morgan fingerprint density at radius 1 is 1.14 bits per heavy atom. The fourth-order valence-electron chi connectivity index (χ4n) is 2.21. The van der Waals surface area contributed by atoms with E-state index in [1.54, 1.807) is 6.92 Å². The standard InChI is InChI=1S/C21H32N2O5S/c1-6-21(4,5)23-18(24)17(14-29-13-16-11-9-8-10-12-16)22-20(26)28-15(3)19(25)27-7-2/h8-12,15,17H,6-7,13-14H2,1-5H3,(H,22,26)(H,23,24)/t15-,17-/m0/s1. The van der Waals surface area contributed by atoms with Crippen molar-refractivity contribution in [3.05, 3.63) is 35.9 Å². The van der Waals surface area contributed by atoms with Crippen molar-refractivity contribution in [2.24, 2.45) is 0 Å². The second-order valence-electron chi connectivity index (χ2n) is 7.22. The van der Waals surface area contributed by atoms with Gasteiger partial charge < -0.3 is 20.1 Å². The normalized spacial score (nSPS) is 13.1. The van der Waals surface area contributed by atoms with Gasteiger partial charge in [0.05, 0.1) is 6.61 Å². The van der Waals surface area contributed by atoms with Crippen LogP contribution in [0, 0.1) is 0 Å². The summed E-state index contributed by atoms with van der Waals surface area (Å²) in [6, 6.07) is 9.07. The molecule has 0 aliphatic carbocycles. The first-order valence-electron chi connectivity index (χ1n) is 9.76. The van der Waals surface area contributed by atoms with Gasteiger partial charge in [-0.1, -0.05) is 37.3 Å². The van der Waals surface area contributed by atoms with Gasteiger partial charge in [-0.15, -0.1) is 0 Å². The molecular weight excluding hydrogens is 392 g/mol. The van der Waals surface area contributed by atoms with Crippen LogP contribution in [0.15, 0.2) is 30.3 Å². The van der Waals surface area contributed by atoms with Crippen molar-refractivity contribution in [3.8, 4) is 0 Å². The molecule has 2 N–H and O–H groups in total. The third kappa shape index (κ3) is 9.69. The van der Waals surface area contributed by atoms with E-state index in [1.807, 2.05) is 51.1 Å². The van der Waals surface area contributed by atoms with Crippen LogP contribution in [0.4, 0.5) is 4.79 Å². The lowest BCUT2D eigenvalue weighted by Crippen LogP contribution is -2.54. The molecule has 0 fully saturated rings. The average Bonchev–Trinajstić information content (AvgIpc) is 2.67. The molecule has 0 aromatic heterocycles. The summed E-state index contributed by atoms with van der Waals surface area (Å²) < 4.78 is 9.88. The molecule has 2 atom stereocenters. The Morgan fingerprint density at radius 2 is 1.79 bits per heavy atom. The number of carbonyl (C=O) groups excluding carboxylic acids is 3. The predicted octanol–water partition coefficient (Wildman–Crippen LogP) is 3.27. The second-order valence-corrected chi connectivity index (χ2v) is 8.25. The Bertz CT molecular complexity index is 666. The van der Waals surface area contributed by atoms with E-state index in [1.165, 1.54) is 18.7 Å². The number of ether oxygens (including phenoxy) is 2. The van der Waals surface area contributed by atoms with Crippen molar-refractivity contribution in [1.29, 1.82) is 0 Å². The Kier molecular flexibility index (Phi) is 10.6. The van der Waals surface area contributed by atoms with Crippen molar-refractivity contribution in [2.75, 3.05) is 12.4 Å². The first kappa shape index (κ1) is 24.8. The predicted molar refractivity (Wildman–Crippen MR) is 115 cm³/mol. The molecule has 0 bridgehead atoms. The van der Waals surface area contributed by atoms with Crippen LogP contribution in [0.3, 0.4) is 0 Å². The van der Waals surface area contributed by atoms with Crippen molar-refractivity contribution >= 4 is 29.7 Å². The van der Waals surface area contributed by atoms with E-state index in [0.717, 1.165) is 12.0 Å². The van der Waals surface area contributed by atoms with Gasteiger partial charge in [-0.2, -0.15) is 11.8 Å². The molecule has 0 radical (unpaired) electrons. The zero-order valence-corrected chi connectivity index (χ0v) is 18.6.